The Balaban J connectivity index is 2.04. The van der Waals surface area contributed by atoms with Crippen LogP contribution in [0.5, 0.6) is 5.75 Å². The molecular formula is C14H11F4NO. The second-order valence-corrected chi connectivity index (χ2v) is 4.17. The van der Waals surface area contributed by atoms with E-state index in [1.807, 2.05) is 0 Å². The van der Waals surface area contributed by atoms with Crippen LogP contribution in [-0.2, 0) is 12.8 Å². The van der Waals surface area contributed by atoms with Gasteiger partial charge in [0.2, 0.25) is 0 Å². The lowest BCUT2D eigenvalue weighted by Crippen LogP contribution is -2.05. The highest BCUT2D eigenvalue weighted by Crippen LogP contribution is 2.29. The summed E-state index contributed by atoms with van der Waals surface area (Å²) in [6.07, 6.45) is -4.36. The summed E-state index contributed by atoms with van der Waals surface area (Å²) in [6, 6.07) is 8.28. The van der Waals surface area contributed by atoms with Gasteiger partial charge >= 0.3 is 6.18 Å². The summed E-state index contributed by atoms with van der Waals surface area (Å²) in [6.45, 7) is 0.0496. The zero-order valence-electron chi connectivity index (χ0n) is 10.2. The number of hydrogen-bond acceptors (Lipinski definition) is 2. The van der Waals surface area contributed by atoms with Crippen molar-refractivity contribution in [2.45, 2.75) is 12.8 Å². The van der Waals surface area contributed by atoms with Crippen molar-refractivity contribution >= 4 is 5.69 Å². The number of nitrogens with two attached hydrogens (primary N) is 1. The standard InChI is InChI=1S/C14H11F4NO/c15-11-5-6-13(12(19)7-11)20-8-9-1-3-10(4-2-9)14(16,17)18/h1-7H,8,19H2. The molecule has 0 amide bonds. The van der Waals surface area contributed by atoms with E-state index in [1.54, 1.807) is 0 Å². The number of alkyl halides is 3. The molecule has 0 heterocycles. The number of benzene rings is 2. The minimum atomic E-state index is -4.36. The van der Waals surface area contributed by atoms with E-state index >= 15 is 0 Å². The normalized spacial score (nSPS) is 11.4. The van der Waals surface area contributed by atoms with E-state index in [0.717, 1.165) is 18.2 Å². The molecule has 2 rings (SSSR count). The fourth-order valence-corrected chi connectivity index (χ4v) is 1.60. The molecule has 0 spiro atoms. The highest BCUT2D eigenvalue weighted by molar-refractivity contribution is 5.52. The van der Waals surface area contributed by atoms with Crippen molar-refractivity contribution in [3.8, 4) is 5.75 Å². The first-order valence-corrected chi connectivity index (χ1v) is 5.70. The van der Waals surface area contributed by atoms with Gasteiger partial charge in [0.05, 0.1) is 11.3 Å². The first-order chi connectivity index (χ1) is 9.36. The van der Waals surface area contributed by atoms with E-state index in [2.05, 4.69) is 0 Å². The summed E-state index contributed by atoms with van der Waals surface area (Å²) in [5.74, 6) is -0.198. The first-order valence-electron chi connectivity index (χ1n) is 5.70. The second kappa shape index (κ2) is 5.40. The third kappa shape index (κ3) is 3.40. The minimum absolute atomic E-state index is 0.0496. The van der Waals surface area contributed by atoms with Crippen LogP contribution in [0.2, 0.25) is 0 Å². The van der Waals surface area contributed by atoms with Crippen LogP contribution in [0.25, 0.3) is 0 Å². The fraction of sp³-hybridized carbons (Fsp3) is 0.143. The molecule has 106 valence electrons. The Morgan fingerprint density at radius 1 is 1.00 bits per heavy atom. The average molecular weight is 285 g/mol. The van der Waals surface area contributed by atoms with Crippen LogP contribution >= 0.6 is 0 Å². The van der Waals surface area contributed by atoms with Gasteiger partial charge in [-0.15, -0.1) is 0 Å². The molecule has 2 N–H and O–H groups in total. The Morgan fingerprint density at radius 2 is 1.65 bits per heavy atom. The number of anilines is 1. The molecule has 0 aromatic heterocycles. The van der Waals surface area contributed by atoms with Gasteiger partial charge in [-0.2, -0.15) is 13.2 Å². The van der Waals surface area contributed by atoms with Crippen molar-refractivity contribution in [2.24, 2.45) is 0 Å². The SMILES string of the molecule is Nc1cc(F)ccc1OCc1ccc(C(F)(F)F)cc1. The first kappa shape index (κ1) is 14.2. The van der Waals surface area contributed by atoms with Gasteiger partial charge in [0.15, 0.2) is 0 Å². The summed E-state index contributed by atoms with van der Waals surface area (Å²) in [4.78, 5) is 0. The van der Waals surface area contributed by atoms with Crippen LogP contribution in [-0.4, -0.2) is 0 Å². The topological polar surface area (TPSA) is 35.2 Å². The molecule has 20 heavy (non-hydrogen) atoms. The van der Waals surface area contributed by atoms with Crippen LogP contribution < -0.4 is 10.5 Å². The Morgan fingerprint density at radius 3 is 2.20 bits per heavy atom. The van der Waals surface area contributed by atoms with Gasteiger partial charge in [-0.1, -0.05) is 12.1 Å². The molecule has 0 aliphatic carbocycles. The Hall–Kier alpha value is -2.24. The zero-order chi connectivity index (χ0) is 14.8. The van der Waals surface area contributed by atoms with Crippen LogP contribution in [0, 0.1) is 5.82 Å². The van der Waals surface area contributed by atoms with Gasteiger partial charge in [0.1, 0.15) is 18.2 Å². The van der Waals surface area contributed by atoms with E-state index in [0.29, 0.717) is 5.56 Å². The van der Waals surface area contributed by atoms with Crippen LogP contribution in [0.15, 0.2) is 42.5 Å². The molecule has 0 fully saturated rings. The predicted molar refractivity (Wildman–Crippen MR) is 66.6 cm³/mol. The monoisotopic (exact) mass is 285 g/mol. The van der Waals surface area contributed by atoms with E-state index in [1.165, 1.54) is 24.3 Å². The van der Waals surface area contributed by atoms with Crippen molar-refractivity contribution < 1.29 is 22.3 Å². The lowest BCUT2D eigenvalue weighted by molar-refractivity contribution is -0.137. The third-order valence-electron chi connectivity index (χ3n) is 2.65. The zero-order valence-corrected chi connectivity index (χ0v) is 10.2. The second-order valence-electron chi connectivity index (χ2n) is 4.17. The van der Waals surface area contributed by atoms with Gasteiger partial charge in [-0.25, -0.2) is 4.39 Å². The van der Waals surface area contributed by atoms with E-state index < -0.39 is 17.6 Å². The molecule has 0 saturated carbocycles. The van der Waals surface area contributed by atoms with Crippen molar-refractivity contribution in [1.82, 2.24) is 0 Å². The number of ether oxygens (including phenoxy) is 1. The van der Waals surface area contributed by atoms with Gasteiger partial charge in [0.25, 0.3) is 0 Å². The summed E-state index contributed by atoms with van der Waals surface area (Å²) in [5, 5.41) is 0. The van der Waals surface area contributed by atoms with Crippen LogP contribution in [0.4, 0.5) is 23.2 Å². The van der Waals surface area contributed by atoms with Crippen molar-refractivity contribution in [1.29, 1.82) is 0 Å². The molecule has 0 aliphatic heterocycles. The number of hydrogen-bond donors (Lipinski definition) is 1. The lowest BCUT2D eigenvalue weighted by atomic mass is 10.1. The largest absolute Gasteiger partial charge is 0.487 e. The maximum atomic E-state index is 12.8. The molecule has 0 aliphatic rings. The maximum Gasteiger partial charge on any atom is 0.416 e. The molecule has 0 radical (unpaired) electrons. The predicted octanol–water partition coefficient (Wildman–Crippen LogP) is 4.01. The summed E-state index contributed by atoms with van der Waals surface area (Å²) in [5.41, 5.74) is 5.53. The molecule has 0 atom stereocenters. The molecule has 2 aromatic rings. The molecule has 2 nitrogen and oxygen atoms in total. The highest BCUT2D eigenvalue weighted by Gasteiger charge is 2.29. The van der Waals surface area contributed by atoms with Crippen molar-refractivity contribution in [3.05, 3.63) is 59.4 Å². The van der Waals surface area contributed by atoms with Gasteiger partial charge in [0, 0.05) is 6.07 Å². The summed E-state index contributed by atoms with van der Waals surface area (Å²) >= 11 is 0. The number of halogens is 4. The van der Waals surface area contributed by atoms with Crippen LogP contribution in [0.1, 0.15) is 11.1 Å². The van der Waals surface area contributed by atoms with Crippen LogP contribution in [0.3, 0.4) is 0 Å². The molecule has 0 unspecified atom stereocenters. The molecule has 0 bridgehead atoms. The smallest absolute Gasteiger partial charge is 0.416 e. The van der Waals surface area contributed by atoms with E-state index in [9.17, 15) is 17.6 Å². The molecular weight excluding hydrogens is 274 g/mol. The number of rotatable bonds is 3. The van der Waals surface area contributed by atoms with Gasteiger partial charge in [-0.3, -0.25) is 0 Å². The summed E-state index contributed by atoms with van der Waals surface area (Å²) in [7, 11) is 0. The molecule has 2 aromatic carbocycles. The van der Waals surface area contributed by atoms with E-state index in [4.69, 9.17) is 10.5 Å². The Bertz CT molecular complexity index is 593. The van der Waals surface area contributed by atoms with Crippen molar-refractivity contribution in [2.75, 3.05) is 5.73 Å². The third-order valence-corrected chi connectivity index (χ3v) is 2.65. The van der Waals surface area contributed by atoms with Gasteiger partial charge < -0.3 is 10.5 Å². The van der Waals surface area contributed by atoms with Crippen molar-refractivity contribution in [3.63, 3.8) is 0 Å². The Labute approximate surface area is 112 Å². The highest BCUT2D eigenvalue weighted by atomic mass is 19.4. The fourth-order valence-electron chi connectivity index (χ4n) is 1.60. The molecule has 6 heteroatoms. The Kier molecular flexibility index (Phi) is 3.83. The minimum Gasteiger partial charge on any atom is -0.487 e. The van der Waals surface area contributed by atoms with Gasteiger partial charge in [-0.05, 0) is 29.8 Å². The lowest BCUT2D eigenvalue weighted by Gasteiger charge is -2.10. The average Bonchev–Trinajstić information content (AvgIpc) is 2.37. The maximum absolute atomic E-state index is 12.8. The molecule has 0 saturated heterocycles. The quantitative estimate of drug-likeness (QED) is 0.683. The number of nitrogen functional groups attached to an aromatic ring is 1. The van der Waals surface area contributed by atoms with E-state index in [-0.39, 0.29) is 18.0 Å². The summed E-state index contributed by atoms with van der Waals surface area (Å²) < 4.78 is 55.3.